The molecule has 0 radical (unpaired) electrons. The second-order valence-electron chi connectivity index (χ2n) is 4.36. The molecular formula is C15H12INO2. The number of rotatable bonds is 2. The van der Waals surface area contributed by atoms with Crippen molar-refractivity contribution in [3.05, 3.63) is 51.0 Å². The summed E-state index contributed by atoms with van der Waals surface area (Å²) >= 11 is 2.24. The molecule has 2 heterocycles. The van der Waals surface area contributed by atoms with Crippen molar-refractivity contribution in [2.75, 3.05) is 5.32 Å². The van der Waals surface area contributed by atoms with Crippen LogP contribution in [0.4, 0.5) is 5.69 Å². The monoisotopic (exact) mass is 365 g/mol. The summed E-state index contributed by atoms with van der Waals surface area (Å²) in [4.78, 5) is 12.0. The van der Waals surface area contributed by atoms with E-state index in [0.29, 0.717) is 11.3 Å². The normalized spacial score (nSPS) is 15.7. The minimum absolute atomic E-state index is 0.0774. The van der Waals surface area contributed by atoms with Gasteiger partial charge < -0.3 is 9.73 Å². The van der Waals surface area contributed by atoms with Crippen molar-refractivity contribution < 1.29 is 9.21 Å². The van der Waals surface area contributed by atoms with Crippen LogP contribution >= 0.6 is 22.6 Å². The third kappa shape index (κ3) is 2.32. The number of amides is 1. The maximum absolute atomic E-state index is 12.0. The summed E-state index contributed by atoms with van der Waals surface area (Å²) < 4.78 is 6.73. The van der Waals surface area contributed by atoms with Crippen LogP contribution in [0.1, 0.15) is 24.0 Å². The van der Waals surface area contributed by atoms with E-state index in [4.69, 9.17) is 4.42 Å². The first-order chi connectivity index (χ1) is 9.17. The second kappa shape index (κ2) is 4.85. The topological polar surface area (TPSA) is 42.2 Å². The van der Waals surface area contributed by atoms with Crippen LogP contribution in [0.3, 0.4) is 0 Å². The summed E-state index contributed by atoms with van der Waals surface area (Å²) in [6.07, 6.45) is 2.65. The van der Waals surface area contributed by atoms with Crippen LogP contribution in [0.15, 0.2) is 34.7 Å². The van der Waals surface area contributed by atoms with Gasteiger partial charge in [0, 0.05) is 21.2 Å². The van der Waals surface area contributed by atoms with Crippen LogP contribution < -0.4 is 5.32 Å². The van der Waals surface area contributed by atoms with Gasteiger partial charge in [0.05, 0.1) is 5.57 Å². The molecule has 3 rings (SSSR count). The highest BCUT2D eigenvalue weighted by molar-refractivity contribution is 14.1. The first-order valence-electron chi connectivity index (χ1n) is 6.09. The Morgan fingerprint density at radius 1 is 1.32 bits per heavy atom. The van der Waals surface area contributed by atoms with E-state index in [9.17, 15) is 4.79 Å². The number of hydrogen-bond donors (Lipinski definition) is 1. The zero-order chi connectivity index (χ0) is 13.4. The van der Waals surface area contributed by atoms with E-state index in [2.05, 4.69) is 27.9 Å². The fraction of sp³-hybridized carbons (Fsp3) is 0.133. The smallest absolute Gasteiger partial charge is 0.256 e. The molecule has 2 aromatic rings. The summed E-state index contributed by atoms with van der Waals surface area (Å²) in [6, 6.07) is 9.74. The van der Waals surface area contributed by atoms with Gasteiger partial charge in [-0.05, 0) is 59.0 Å². The Balaban J connectivity index is 2.06. The number of nitrogens with one attached hydrogen (secondary N) is 1. The third-order valence-electron chi connectivity index (χ3n) is 3.08. The number of anilines is 1. The lowest BCUT2D eigenvalue weighted by atomic mass is 10.1. The molecule has 1 N–H and O–H groups in total. The standard InChI is InChI=1S/C15H12INO2/c1-2-10-4-5-11(19-10)8-13-12-7-9(16)3-6-14(12)17-15(13)18/h3-8H,2H2,1H3,(H,17,18). The summed E-state index contributed by atoms with van der Waals surface area (Å²) in [5.74, 6) is 1.56. The number of halogens is 1. The Morgan fingerprint density at radius 3 is 2.89 bits per heavy atom. The van der Waals surface area contributed by atoms with Crippen molar-refractivity contribution in [1.29, 1.82) is 0 Å². The van der Waals surface area contributed by atoms with Crippen molar-refractivity contribution in [2.45, 2.75) is 13.3 Å². The van der Waals surface area contributed by atoms with Crippen LogP contribution in [0.2, 0.25) is 0 Å². The van der Waals surface area contributed by atoms with Crippen molar-refractivity contribution >= 4 is 45.8 Å². The molecule has 1 amide bonds. The van der Waals surface area contributed by atoms with Gasteiger partial charge in [-0.1, -0.05) is 6.92 Å². The number of benzene rings is 1. The van der Waals surface area contributed by atoms with Crippen LogP contribution in [-0.2, 0) is 11.2 Å². The van der Waals surface area contributed by atoms with Crippen molar-refractivity contribution in [3.63, 3.8) is 0 Å². The van der Waals surface area contributed by atoms with Gasteiger partial charge in [-0.3, -0.25) is 4.79 Å². The number of hydrogen-bond acceptors (Lipinski definition) is 2. The highest BCUT2D eigenvalue weighted by Gasteiger charge is 2.24. The lowest BCUT2D eigenvalue weighted by molar-refractivity contribution is -0.110. The average Bonchev–Trinajstić information content (AvgIpc) is 2.96. The number of carbonyl (C=O) groups is 1. The van der Waals surface area contributed by atoms with Gasteiger partial charge in [-0.15, -0.1) is 0 Å². The summed E-state index contributed by atoms with van der Waals surface area (Å²) in [6.45, 7) is 2.04. The largest absolute Gasteiger partial charge is 0.462 e. The Kier molecular flexibility index (Phi) is 3.18. The summed E-state index contributed by atoms with van der Waals surface area (Å²) in [5.41, 5.74) is 2.45. The maximum atomic E-state index is 12.0. The van der Waals surface area contributed by atoms with Gasteiger partial charge in [0.2, 0.25) is 0 Å². The molecule has 3 nitrogen and oxygen atoms in total. The van der Waals surface area contributed by atoms with Crippen LogP contribution in [0, 0.1) is 3.57 Å². The van der Waals surface area contributed by atoms with Gasteiger partial charge in [0.15, 0.2) is 0 Å². The fourth-order valence-corrected chi connectivity index (χ4v) is 2.60. The van der Waals surface area contributed by atoms with E-state index in [1.807, 2.05) is 37.3 Å². The van der Waals surface area contributed by atoms with Gasteiger partial charge in [0.25, 0.3) is 5.91 Å². The van der Waals surface area contributed by atoms with Crippen LogP contribution in [0.25, 0.3) is 11.6 Å². The molecule has 0 unspecified atom stereocenters. The molecule has 0 aliphatic carbocycles. The van der Waals surface area contributed by atoms with Gasteiger partial charge in [-0.2, -0.15) is 0 Å². The minimum atomic E-state index is -0.0774. The van der Waals surface area contributed by atoms with Crippen molar-refractivity contribution in [1.82, 2.24) is 0 Å². The van der Waals surface area contributed by atoms with Crippen molar-refractivity contribution in [2.24, 2.45) is 0 Å². The molecule has 1 aliphatic rings. The molecule has 4 heteroatoms. The Bertz CT molecular complexity index is 685. The Morgan fingerprint density at radius 2 is 2.16 bits per heavy atom. The van der Waals surface area contributed by atoms with E-state index in [1.165, 1.54) is 0 Å². The van der Waals surface area contributed by atoms with E-state index < -0.39 is 0 Å². The van der Waals surface area contributed by atoms with E-state index in [-0.39, 0.29) is 5.91 Å². The predicted molar refractivity (Wildman–Crippen MR) is 83.7 cm³/mol. The molecule has 0 bridgehead atoms. The predicted octanol–water partition coefficient (Wildman–Crippen LogP) is 3.94. The van der Waals surface area contributed by atoms with Gasteiger partial charge >= 0.3 is 0 Å². The van der Waals surface area contributed by atoms with Crippen LogP contribution in [0.5, 0.6) is 0 Å². The molecule has 0 saturated carbocycles. The maximum Gasteiger partial charge on any atom is 0.256 e. The molecular weight excluding hydrogens is 353 g/mol. The van der Waals surface area contributed by atoms with E-state index in [1.54, 1.807) is 6.08 Å². The minimum Gasteiger partial charge on any atom is -0.462 e. The van der Waals surface area contributed by atoms with E-state index in [0.717, 1.165) is 27.0 Å². The number of aryl methyl sites for hydroxylation is 1. The SMILES string of the molecule is CCc1ccc(C=C2C(=O)Nc3ccc(I)cc32)o1. The molecule has 1 aromatic heterocycles. The molecule has 0 spiro atoms. The highest BCUT2D eigenvalue weighted by Crippen LogP contribution is 2.34. The zero-order valence-electron chi connectivity index (χ0n) is 10.4. The highest BCUT2D eigenvalue weighted by atomic mass is 127. The first-order valence-corrected chi connectivity index (χ1v) is 7.17. The quantitative estimate of drug-likeness (QED) is 0.647. The van der Waals surface area contributed by atoms with Gasteiger partial charge in [0.1, 0.15) is 11.5 Å². The molecule has 19 heavy (non-hydrogen) atoms. The summed E-state index contributed by atoms with van der Waals surface area (Å²) in [5, 5.41) is 2.86. The average molecular weight is 365 g/mol. The number of carbonyl (C=O) groups excluding carboxylic acids is 1. The lowest BCUT2D eigenvalue weighted by Crippen LogP contribution is -2.03. The molecule has 1 aliphatic heterocycles. The molecule has 0 atom stereocenters. The summed E-state index contributed by atoms with van der Waals surface area (Å²) in [7, 11) is 0. The lowest BCUT2D eigenvalue weighted by Gasteiger charge is -1.98. The molecule has 0 saturated heterocycles. The third-order valence-corrected chi connectivity index (χ3v) is 3.75. The fourth-order valence-electron chi connectivity index (χ4n) is 2.11. The first kappa shape index (κ1) is 12.5. The molecule has 0 fully saturated rings. The second-order valence-corrected chi connectivity index (χ2v) is 5.61. The Hall–Kier alpha value is -1.56. The van der Waals surface area contributed by atoms with Crippen LogP contribution in [-0.4, -0.2) is 5.91 Å². The molecule has 1 aromatic carbocycles. The zero-order valence-corrected chi connectivity index (χ0v) is 12.5. The van der Waals surface area contributed by atoms with E-state index >= 15 is 0 Å². The van der Waals surface area contributed by atoms with Crippen molar-refractivity contribution in [3.8, 4) is 0 Å². The number of fused-ring (bicyclic) bond motifs is 1. The Labute approximate surface area is 124 Å². The molecule has 96 valence electrons. The number of furan rings is 1. The van der Waals surface area contributed by atoms with Gasteiger partial charge in [-0.25, -0.2) is 0 Å².